The maximum absolute atomic E-state index is 11.8. The fourth-order valence-electron chi connectivity index (χ4n) is 1.54. The molecular weight excluding hydrogens is 260 g/mol. The fraction of sp³-hybridized carbons (Fsp3) is 0.636. The number of halogens is 2. The van der Waals surface area contributed by atoms with Crippen molar-refractivity contribution in [2.75, 3.05) is 19.8 Å². The van der Waals surface area contributed by atoms with E-state index in [4.69, 9.17) is 0 Å². The predicted molar refractivity (Wildman–Crippen MR) is 65.5 cm³/mol. The summed E-state index contributed by atoms with van der Waals surface area (Å²) in [6, 6.07) is 0. The second-order valence-corrected chi connectivity index (χ2v) is 4.05. The number of nitrogens with zero attached hydrogens (tertiary/aromatic N) is 2. The lowest BCUT2D eigenvalue weighted by Crippen LogP contribution is -2.39. The maximum atomic E-state index is 11.8. The highest BCUT2D eigenvalue weighted by Crippen LogP contribution is 1.91. The van der Waals surface area contributed by atoms with Crippen LogP contribution in [-0.4, -0.2) is 35.3 Å². The molecular formula is C11H17F2N3O3. The summed E-state index contributed by atoms with van der Waals surface area (Å²) in [6.07, 6.45) is -1.02. The number of alkyl halides is 2. The Hall–Kier alpha value is -1.54. The summed E-state index contributed by atoms with van der Waals surface area (Å²) in [5, 5.41) is 2.89. The van der Waals surface area contributed by atoms with Crippen molar-refractivity contribution in [1.29, 1.82) is 0 Å². The minimum Gasteiger partial charge on any atom is -0.374 e. The third kappa shape index (κ3) is 4.56. The summed E-state index contributed by atoms with van der Waals surface area (Å²) in [6.45, 7) is 0.136. The highest BCUT2D eigenvalue weighted by atomic mass is 19.3. The Morgan fingerprint density at radius 1 is 1.37 bits per heavy atom. The van der Waals surface area contributed by atoms with E-state index in [2.05, 4.69) is 10.1 Å². The van der Waals surface area contributed by atoms with Crippen molar-refractivity contribution in [1.82, 2.24) is 14.5 Å². The minimum atomic E-state index is -2.48. The average Bonchev–Trinajstić information content (AvgIpc) is 2.36. The summed E-state index contributed by atoms with van der Waals surface area (Å²) in [7, 11) is 2.96. The van der Waals surface area contributed by atoms with Crippen LogP contribution in [0, 0.1) is 0 Å². The molecule has 108 valence electrons. The van der Waals surface area contributed by atoms with E-state index in [9.17, 15) is 18.4 Å². The van der Waals surface area contributed by atoms with Crippen molar-refractivity contribution >= 4 is 0 Å². The van der Waals surface area contributed by atoms with Gasteiger partial charge in [-0.15, -0.1) is 0 Å². The number of aromatic nitrogens is 2. The van der Waals surface area contributed by atoms with Gasteiger partial charge in [0.1, 0.15) is 6.61 Å². The van der Waals surface area contributed by atoms with Crippen molar-refractivity contribution in [2.45, 2.75) is 13.0 Å². The molecule has 1 rings (SSSR count). The molecule has 0 bridgehead atoms. The molecule has 0 aromatic carbocycles. The van der Waals surface area contributed by atoms with Crippen LogP contribution in [0.1, 0.15) is 5.56 Å². The highest BCUT2D eigenvalue weighted by molar-refractivity contribution is 5.05. The van der Waals surface area contributed by atoms with Gasteiger partial charge in [0, 0.05) is 38.9 Å². The van der Waals surface area contributed by atoms with Gasteiger partial charge in [0.25, 0.3) is 12.0 Å². The third-order valence-electron chi connectivity index (χ3n) is 2.50. The first-order valence-corrected chi connectivity index (χ1v) is 5.75. The number of aryl methyl sites for hydroxylation is 1. The largest absolute Gasteiger partial charge is 0.374 e. The van der Waals surface area contributed by atoms with Gasteiger partial charge in [0.2, 0.25) is 0 Å². The standard InChI is InChI=1S/C11H17F2N3O3/c1-15-6-8(10(17)16(2)11(15)18)5-14-3-4-19-7-9(12)13/h6,9,14H,3-5,7H2,1-2H3. The number of ether oxygens (including phenoxy) is 1. The zero-order valence-electron chi connectivity index (χ0n) is 10.9. The quantitative estimate of drug-likeness (QED) is 0.680. The first kappa shape index (κ1) is 15.5. The van der Waals surface area contributed by atoms with Crippen LogP contribution in [0.15, 0.2) is 15.8 Å². The van der Waals surface area contributed by atoms with Gasteiger partial charge >= 0.3 is 5.69 Å². The molecule has 0 fully saturated rings. The lowest BCUT2D eigenvalue weighted by Gasteiger charge is -2.08. The molecule has 0 saturated carbocycles. The average molecular weight is 277 g/mol. The highest BCUT2D eigenvalue weighted by Gasteiger charge is 2.06. The van der Waals surface area contributed by atoms with Gasteiger partial charge in [-0.1, -0.05) is 0 Å². The van der Waals surface area contributed by atoms with E-state index in [0.717, 1.165) is 4.57 Å². The van der Waals surface area contributed by atoms with Crippen molar-refractivity contribution < 1.29 is 13.5 Å². The lowest BCUT2D eigenvalue weighted by molar-refractivity contribution is 0.0187. The second-order valence-electron chi connectivity index (χ2n) is 4.05. The first-order valence-electron chi connectivity index (χ1n) is 5.75. The SMILES string of the molecule is Cn1cc(CNCCOCC(F)F)c(=O)n(C)c1=O. The molecule has 0 atom stereocenters. The van der Waals surface area contributed by atoms with Gasteiger partial charge < -0.3 is 14.6 Å². The molecule has 8 heteroatoms. The summed E-state index contributed by atoms with van der Waals surface area (Å²) in [5.74, 6) is 0. The zero-order valence-corrected chi connectivity index (χ0v) is 10.9. The maximum Gasteiger partial charge on any atom is 0.330 e. The van der Waals surface area contributed by atoms with Crippen molar-refractivity contribution in [3.05, 3.63) is 32.6 Å². The first-order chi connectivity index (χ1) is 8.93. The van der Waals surface area contributed by atoms with Gasteiger partial charge in [0.15, 0.2) is 0 Å². The second kappa shape index (κ2) is 7.15. The van der Waals surface area contributed by atoms with Crippen molar-refractivity contribution in [2.24, 2.45) is 14.1 Å². The molecule has 1 heterocycles. The van der Waals surface area contributed by atoms with E-state index in [0.29, 0.717) is 12.1 Å². The Balaban J connectivity index is 2.47. The number of hydrogen-bond acceptors (Lipinski definition) is 4. The van der Waals surface area contributed by atoms with Gasteiger partial charge in [-0.25, -0.2) is 13.6 Å². The Kier molecular flexibility index (Phi) is 5.84. The molecule has 6 nitrogen and oxygen atoms in total. The molecule has 19 heavy (non-hydrogen) atoms. The lowest BCUT2D eigenvalue weighted by atomic mass is 10.3. The van der Waals surface area contributed by atoms with Crippen molar-refractivity contribution in [3.63, 3.8) is 0 Å². The number of hydrogen-bond donors (Lipinski definition) is 1. The van der Waals surface area contributed by atoms with Crippen LogP contribution in [0.5, 0.6) is 0 Å². The normalized spacial score (nSPS) is 11.2. The van der Waals surface area contributed by atoms with E-state index in [1.165, 1.54) is 17.8 Å². The van der Waals surface area contributed by atoms with E-state index in [1.807, 2.05) is 0 Å². The van der Waals surface area contributed by atoms with E-state index >= 15 is 0 Å². The smallest absolute Gasteiger partial charge is 0.330 e. The molecule has 1 N–H and O–H groups in total. The number of nitrogens with one attached hydrogen (secondary N) is 1. The Bertz CT molecular complexity index is 525. The summed E-state index contributed by atoms with van der Waals surface area (Å²) in [4.78, 5) is 23.2. The van der Waals surface area contributed by atoms with Gasteiger partial charge in [-0.2, -0.15) is 0 Å². The van der Waals surface area contributed by atoms with Crippen LogP contribution in [-0.2, 0) is 25.4 Å². The Labute approximate surface area is 108 Å². The van der Waals surface area contributed by atoms with Gasteiger partial charge in [-0.05, 0) is 0 Å². The molecule has 1 aromatic rings. The Morgan fingerprint density at radius 3 is 2.68 bits per heavy atom. The van der Waals surface area contributed by atoms with E-state index < -0.39 is 18.7 Å². The molecule has 0 radical (unpaired) electrons. The molecule has 0 spiro atoms. The van der Waals surface area contributed by atoms with Crippen molar-refractivity contribution in [3.8, 4) is 0 Å². The third-order valence-corrected chi connectivity index (χ3v) is 2.50. The summed E-state index contributed by atoms with van der Waals surface area (Å²) in [5.41, 5.74) is -0.337. The predicted octanol–water partition coefficient (Wildman–Crippen LogP) is -0.545. The molecule has 1 aromatic heterocycles. The van der Waals surface area contributed by atoms with Crippen LogP contribution in [0.2, 0.25) is 0 Å². The van der Waals surface area contributed by atoms with Gasteiger partial charge in [0.05, 0.1) is 6.61 Å². The molecule has 0 unspecified atom stereocenters. The number of rotatable bonds is 7. The van der Waals surface area contributed by atoms with Crippen LogP contribution >= 0.6 is 0 Å². The monoisotopic (exact) mass is 277 g/mol. The topological polar surface area (TPSA) is 65.3 Å². The molecule has 0 aliphatic heterocycles. The molecule has 0 aliphatic carbocycles. The van der Waals surface area contributed by atoms with E-state index in [-0.39, 0.29) is 18.7 Å². The summed E-state index contributed by atoms with van der Waals surface area (Å²) < 4.78 is 30.5. The van der Waals surface area contributed by atoms with Crippen LogP contribution in [0.4, 0.5) is 8.78 Å². The summed E-state index contributed by atoms with van der Waals surface area (Å²) >= 11 is 0. The van der Waals surface area contributed by atoms with Crippen LogP contribution in [0.3, 0.4) is 0 Å². The van der Waals surface area contributed by atoms with Crippen LogP contribution in [0.25, 0.3) is 0 Å². The zero-order chi connectivity index (χ0) is 14.4. The minimum absolute atomic E-state index is 0.135. The molecule has 0 amide bonds. The fourth-order valence-corrected chi connectivity index (χ4v) is 1.54. The van der Waals surface area contributed by atoms with Gasteiger partial charge in [-0.3, -0.25) is 9.36 Å². The van der Waals surface area contributed by atoms with E-state index in [1.54, 1.807) is 7.05 Å². The molecule has 0 aliphatic rings. The Morgan fingerprint density at radius 2 is 2.05 bits per heavy atom. The molecule has 0 saturated heterocycles. The van der Waals surface area contributed by atoms with Crippen LogP contribution < -0.4 is 16.6 Å².